The summed E-state index contributed by atoms with van der Waals surface area (Å²) in [5, 5.41) is 5.72. The van der Waals surface area contributed by atoms with E-state index >= 15 is 0 Å². The molecule has 0 saturated heterocycles. The fourth-order valence-corrected chi connectivity index (χ4v) is 4.03. The molecule has 96 valence electrons. The van der Waals surface area contributed by atoms with E-state index in [0.717, 1.165) is 12.2 Å². The van der Waals surface area contributed by atoms with Gasteiger partial charge in [0.05, 0.1) is 6.26 Å². The summed E-state index contributed by atoms with van der Waals surface area (Å²) in [5.74, 6) is 1.71. The van der Waals surface area contributed by atoms with Crippen LogP contribution in [0.1, 0.15) is 35.0 Å². The average Bonchev–Trinajstić information content (AvgIpc) is 3.06. The van der Waals surface area contributed by atoms with Crippen molar-refractivity contribution in [2.45, 2.75) is 37.6 Å². The molecular formula is C15H19NOS. The van der Waals surface area contributed by atoms with Gasteiger partial charge in [-0.15, -0.1) is 11.3 Å². The van der Waals surface area contributed by atoms with Crippen LogP contribution in [0.5, 0.6) is 0 Å². The molecule has 0 spiro atoms. The number of fused-ring (bicyclic) bond motifs is 1. The van der Waals surface area contributed by atoms with E-state index in [1.54, 1.807) is 16.7 Å². The third-order valence-corrected chi connectivity index (χ3v) is 4.95. The zero-order valence-electron chi connectivity index (χ0n) is 10.7. The van der Waals surface area contributed by atoms with Crippen molar-refractivity contribution in [2.24, 2.45) is 0 Å². The Balaban J connectivity index is 1.81. The maximum atomic E-state index is 5.49. The molecule has 2 aromatic heterocycles. The Morgan fingerprint density at radius 3 is 3.22 bits per heavy atom. The highest BCUT2D eigenvalue weighted by molar-refractivity contribution is 7.10. The molecule has 2 unspecified atom stereocenters. The van der Waals surface area contributed by atoms with Crippen molar-refractivity contribution < 1.29 is 4.42 Å². The maximum Gasteiger partial charge on any atom is 0.105 e. The Hall–Kier alpha value is -1.06. The fraction of sp³-hybridized carbons (Fsp3) is 0.467. The van der Waals surface area contributed by atoms with E-state index in [2.05, 4.69) is 29.9 Å². The summed E-state index contributed by atoms with van der Waals surface area (Å²) in [7, 11) is 2.06. The lowest BCUT2D eigenvalue weighted by Crippen LogP contribution is -2.35. The van der Waals surface area contributed by atoms with Gasteiger partial charge < -0.3 is 9.73 Å². The smallest absolute Gasteiger partial charge is 0.105 e. The number of rotatable bonds is 4. The maximum absolute atomic E-state index is 5.49. The number of likely N-dealkylation sites (N-methyl/N-ethyl adjacent to an activating group) is 1. The van der Waals surface area contributed by atoms with Crippen molar-refractivity contribution in [2.75, 3.05) is 7.05 Å². The van der Waals surface area contributed by atoms with Crippen LogP contribution in [-0.2, 0) is 12.8 Å². The molecule has 0 radical (unpaired) electrons. The van der Waals surface area contributed by atoms with E-state index in [9.17, 15) is 0 Å². The number of furan rings is 1. The molecule has 0 saturated carbocycles. The normalized spacial score (nSPS) is 20.6. The first kappa shape index (κ1) is 12.0. The second-order valence-electron chi connectivity index (χ2n) is 4.98. The molecule has 0 bridgehead atoms. The molecule has 18 heavy (non-hydrogen) atoms. The highest BCUT2D eigenvalue weighted by atomic mass is 32.1. The standard InChI is InChI=1S/C15H19NOS/c1-16-14(10-11-4-3-8-17-11)12-5-2-6-15-13(12)7-9-18-15/h3-4,7-9,12,14,16H,2,5-6,10H2,1H3. The average molecular weight is 261 g/mol. The van der Waals surface area contributed by atoms with E-state index < -0.39 is 0 Å². The molecule has 0 fully saturated rings. The first-order chi connectivity index (χ1) is 8.88. The largest absolute Gasteiger partial charge is 0.469 e. The minimum absolute atomic E-state index is 0.477. The number of thiophene rings is 1. The molecular weight excluding hydrogens is 242 g/mol. The molecule has 2 nitrogen and oxygen atoms in total. The van der Waals surface area contributed by atoms with Crippen LogP contribution in [0.25, 0.3) is 0 Å². The Kier molecular flexibility index (Phi) is 3.52. The molecule has 2 heterocycles. The predicted molar refractivity (Wildman–Crippen MR) is 75.3 cm³/mol. The number of nitrogens with one attached hydrogen (secondary N) is 1. The summed E-state index contributed by atoms with van der Waals surface area (Å²) >= 11 is 1.91. The van der Waals surface area contributed by atoms with Crippen molar-refractivity contribution in [1.29, 1.82) is 0 Å². The molecule has 0 aliphatic heterocycles. The van der Waals surface area contributed by atoms with Gasteiger partial charge in [0.2, 0.25) is 0 Å². The van der Waals surface area contributed by atoms with Gasteiger partial charge in [-0.1, -0.05) is 0 Å². The molecule has 1 aliphatic rings. The van der Waals surface area contributed by atoms with Gasteiger partial charge in [-0.05, 0) is 55.5 Å². The second kappa shape index (κ2) is 5.29. The number of aryl methyl sites for hydroxylation is 1. The zero-order chi connectivity index (χ0) is 12.4. The van der Waals surface area contributed by atoms with Gasteiger partial charge >= 0.3 is 0 Å². The van der Waals surface area contributed by atoms with Crippen LogP contribution < -0.4 is 5.32 Å². The van der Waals surface area contributed by atoms with E-state index in [1.165, 1.54) is 19.3 Å². The minimum Gasteiger partial charge on any atom is -0.469 e. The van der Waals surface area contributed by atoms with Gasteiger partial charge in [0.25, 0.3) is 0 Å². The molecule has 1 N–H and O–H groups in total. The monoisotopic (exact) mass is 261 g/mol. The number of hydrogen-bond acceptors (Lipinski definition) is 3. The molecule has 2 atom stereocenters. The van der Waals surface area contributed by atoms with Crippen molar-refractivity contribution in [3.8, 4) is 0 Å². The van der Waals surface area contributed by atoms with Crippen molar-refractivity contribution in [3.05, 3.63) is 46.0 Å². The van der Waals surface area contributed by atoms with Gasteiger partial charge in [-0.2, -0.15) is 0 Å². The van der Waals surface area contributed by atoms with Gasteiger partial charge in [0, 0.05) is 23.3 Å². The summed E-state index contributed by atoms with van der Waals surface area (Å²) in [6.45, 7) is 0. The SMILES string of the molecule is CNC(Cc1ccco1)C1CCCc2sccc21. The van der Waals surface area contributed by atoms with Crippen LogP contribution in [0.4, 0.5) is 0 Å². The Morgan fingerprint density at radius 2 is 2.44 bits per heavy atom. The summed E-state index contributed by atoms with van der Waals surface area (Å²) < 4.78 is 5.49. The van der Waals surface area contributed by atoms with Gasteiger partial charge in [-0.3, -0.25) is 0 Å². The van der Waals surface area contributed by atoms with Gasteiger partial charge in [0.15, 0.2) is 0 Å². The Labute approximate surface area is 112 Å². The van der Waals surface area contributed by atoms with Crippen LogP contribution in [0.3, 0.4) is 0 Å². The summed E-state index contributed by atoms with van der Waals surface area (Å²) in [4.78, 5) is 1.59. The van der Waals surface area contributed by atoms with E-state index in [4.69, 9.17) is 4.42 Å². The highest BCUT2D eigenvalue weighted by Gasteiger charge is 2.28. The molecule has 1 aliphatic carbocycles. The summed E-state index contributed by atoms with van der Waals surface area (Å²) in [6.07, 6.45) is 6.60. The minimum atomic E-state index is 0.477. The van der Waals surface area contributed by atoms with Gasteiger partial charge in [0.1, 0.15) is 5.76 Å². The van der Waals surface area contributed by atoms with Crippen molar-refractivity contribution in [1.82, 2.24) is 5.32 Å². The molecule has 0 amide bonds. The first-order valence-electron chi connectivity index (χ1n) is 6.64. The predicted octanol–water partition coefficient (Wildman–Crippen LogP) is 3.59. The zero-order valence-corrected chi connectivity index (χ0v) is 11.5. The Morgan fingerprint density at radius 1 is 1.50 bits per heavy atom. The lowest BCUT2D eigenvalue weighted by Gasteiger charge is -2.30. The van der Waals surface area contributed by atoms with Crippen LogP contribution in [-0.4, -0.2) is 13.1 Å². The van der Waals surface area contributed by atoms with Crippen molar-refractivity contribution in [3.63, 3.8) is 0 Å². The van der Waals surface area contributed by atoms with Crippen LogP contribution in [0.15, 0.2) is 34.3 Å². The molecule has 3 rings (SSSR count). The molecule has 0 aromatic carbocycles. The van der Waals surface area contributed by atoms with Crippen LogP contribution >= 0.6 is 11.3 Å². The van der Waals surface area contributed by atoms with Crippen LogP contribution in [0, 0.1) is 0 Å². The highest BCUT2D eigenvalue weighted by Crippen LogP contribution is 2.37. The second-order valence-corrected chi connectivity index (χ2v) is 5.98. The fourth-order valence-electron chi connectivity index (χ4n) is 3.03. The van der Waals surface area contributed by atoms with E-state index in [0.29, 0.717) is 12.0 Å². The topological polar surface area (TPSA) is 25.2 Å². The van der Waals surface area contributed by atoms with Crippen LogP contribution in [0.2, 0.25) is 0 Å². The third kappa shape index (κ3) is 2.25. The first-order valence-corrected chi connectivity index (χ1v) is 7.52. The number of hydrogen-bond donors (Lipinski definition) is 1. The Bertz CT molecular complexity index is 488. The third-order valence-electron chi connectivity index (χ3n) is 3.96. The van der Waals surface area contributed by atoms with Gasteiger partial charge in [-0.25, -0.2) is 0 Å². The van der Waals surface area contributed by atoms with E-state index in [1.807, 2.05) is 17.4 Å². The summed E-state index contributed by atoms with van der Waals surface area (Å²) in [5.41, 5.74) is 1.57. The lowest BCUT2D eigenvalue weighted by atomic mass is 9.81. The lowest BCUT2D eigenvalue weighted by molar-refractivity contribution is 0.383. The molecule has 3 heteroatoms. The quantitative estimate of drug-likeness (QED) is 0.910. The molecule has 2 aromatic rings. The summed E-state index contributed by atoms with van der Waals surface area (Å²) in [6, 6.07) is 6.83. The van der Waals surface area contributed by atoms with Crippen molar-refractivity contribution >= 4 is 11.3 Å². The van der Waals surface area contributed by atoms with E-state index in [-0.39, 0.29) is 0 Å².